The zero-order chi connectivity index (χ0) is 16.1. The number of H-pyrrole nitrogens is 1. The molecule has 3 aromatic rings. The molecule has 118 valence electrons. The second-order valence-electron chi connectivity index (χ2n) is 4.50. The van der Waals surface area contributed by atoms with Crippen LogP contribution in [0.2, 0.25) is 0 Å². The molecule has 0 fully saturated rings. The fraction of sp³-hybridized carbons (Fsp3) is 0.133. The van der Waals surface area contributed by atoms with Gasteiger partial charge in [-0.1, -0.05) is 6.07 Å². The fourth-order valence-corrected chi connectivity index (χ4v) is 2.59. The van der Waals surface area contributed by atoms with E-state index in [-0.39, 0.29) is 17.6 Å². The summed E-state index contributed by atoms with van der Waals surface area (Å²) in [7, 11) is 1.61. The van der Waals surface area contributed by atoms with Crippen molar-refractivity contribution in [1.29, 1.82) is 0 Å². The number of rotatable bonds is 6. The van der Waals surface area contributed by atoms with E-state index in [1.807, 2.05) is 24.3 Å². The van der Waals surface area contributed by atoms with Crippen LogP contribution < -0.4 is 10.1 Å². The third-order valence-corrected chi connectivity index (χ3v) is 3.90. The maximum atomic E-state index is 12.0. The molecular weight excluding hydrogens is 316 g/mol. The van der Waals surface area contributed by atoms with E-state index in [4.69, 9.17) is 9.15 Å². The molecule has 2 heterocycles. The van der Waals surface area contributed by atoms with Crippen molar-refractivity contribution < 1.29 is 13.9 Å². The standard InChI is InChI=1S/C15H14N4O3S/c1-21-10-4-2-5-11(8-10)23-9-13(20)16-15-17-14(18-19-15)12-6-3-7-22-12/h2-8H,9H2,1H3,(H2,16,17,18,19,20). The Bertz CT molecular complexity index is 786. The van der Waals surface area contributed by atoms with Crippen LogP contribution in [0.5, 0.6) is 5.75 Å². The van der Waals surface area contributed by atoms with Crippen molar-refractivity contribution in [3.63, 3.8) is 0 Å². The van der Waals surface area contributed by atoms with Gasteiger partial charge in [-0.25, -0.2) is 0 Å². The SMILES string of the molecule is COc1cccc(SCC(=O)Nc2n[nH]c(-c3ccco3)n2)c1. The summed E-state index contributed by atoms with van der Waals surface area (Å²) in [5, 5.41) is 9.28. The van der Waals surface area contributed by atoms with Crippen LogP contribution in [0.25, 0.3) is 11.6 Å². The average molecular weight is 330 g/mol. The van der Waals surface area contributed by atoms with Crippen molar-refractivity contribution >= 4 is 23.6 Å². The van der Waals surface area contributed by atoms with Crippen LogP contribution in [0.4, 0.5) is 5.95 Å². The zero-order valence-corrected chi connectivity index (χ0v) is 13.1. The summed E-state index contributed by atoms with van der Waals surface area (Å²) < 4.78 is 10.4. The minimum Gasteiger partial charge on any atom is -0.497 e. The average Bonchev–Trinajstić information content (AvgIpc) is 3.24. The van der Waals surface area contributed by atoms with Crippen molar-refractivity contribution in [2.75, 3.05) is 18.2 Å². The topological polar surface area (TPSA) is 93.0 Å². The molecule has 1 amide bonds. The molecular formula is C15H14N4O3S. The number of benzene rings is 1. The third-order valence-electron chi connectivity index (χ3n) is 2.90. The van der Waals surface area contributed by atoms with Gasteiger partial charge in [0.2, 0.25) is 11.9 Å². The molecule has 0 atom stereocenters. The molecule has 0 aliphatic heterocycles. The molecule has 2 aromatic heterocycles. The zero-order valence-electron chi connectivity index (χ0n) is 12.3. The maximum Gasteiger partial charge on any atom is 0.249 e. The Kier molecular flexibility index (Phi) is 4.62. The highest BCUT2D eigenvalue weighted by Crippen LogP contribution is 2.23. The van der Waals surface area contributed by atoms with Gasteiger partial charge in [0.05, 0.1) is 19.1 Å². The lowest BCUT2D eigenvalue weighted by Crippen LogP contribution is -2.15. The first-order chi connectivity index (χ1) is 11.2. The van der Waals surface area contributed by atoms with Crippen molar-refractivity contribution in [3.05, 3.63) is 42.7 Å². The molecule has 0 saturated heterocycles. The van der Waals surface area contributed by atoms with Gasteiger partial charge in [0.15, 0.2) is 11.6 Å². The van der Waals surface area contributed by atoms with Crippen molar-refractivity contribution in [1.82, 2.24) is 15.2 Å². The van der Waals surface area contributed by atoms with Gasteiger partial charge in [0.1, 0.15) is 5.75 Å². The van der Waals surface area contributed by atoms with Gasteiger partial charge in [0.25, 0.3) is 0 Å². The minimum absolute atomic E-state index is 0.192. The predicted octanol–water partition coefficient (Wildman–Crippen LogP) is 2.80. The van der Waals surface area contributed by atoms with Crippen LogP contribution in [0.3, 0.4) is 0 Å². The maximum absolute atomic E-state index is 12.0. The van der Waals surface area contributed by atoms with E-state index >= 15 is 0 Å². The highest BCUT2D eigenvalue weighted by molar-refractivity contribution is 8.00. The van der Waals surface area contributed by atoms with Crippen molar-refractivity contribution in [2.24, 2.45) is 0 Å². The summed E-state index contributed by atoms with van der Waals surface area (Å²) in [6.07, 6.45) is 1.54. The van der Waals surface area contributed by atoms with Gasteiger partial charge >= 0.3 is 0 Å². The molecule has 0 aliphatic rings. The van der Waals surface area contributed by atoms with E-state index in [1.165, 1.54) is 11.8 Å². The predicted molar refractivity (Wildman–Crippen MR) is 86.4 cm³/mol. The van der Waals surface area contributed by atoms with Crippen LogP contribution in [0.15, 0.2) is 52.0 Å². The molecule has 0 bridgehead atoms. The number of amides is 1. The van der Waals surface area contributed by atoms with Crippen LogP contribution in [-0.4, -0.2) is 34.0 Å². The quantitative estimate of drug-likeness (QED) is 0.675. The molecule has 3 rings (SSSR count). The molecule has 0 unspecified atom stereocenters. The number of thioether (sulfide) groups is 1. The molecule has 0 saturated carbocycles. The van der Waals surface area contributed by atoms with Crippen LogP contribution in [0, 0.1) is 0 Å². The van der Waals surface area contributed by atoms with Gasteiger partial charge in [-0.3, -0.25) is 15.2 Å². The minimum atomic E-state index is -0.192. The number of aromatic amines is 1. The van der Waals surface area contributed by atoms with E-state index in [0.717, 1.165) is 10.6 Å². The Morgan fingerprint density at radius 1 is 1.39 bits per heavy atom. The van der Waals surface area contributed by atoms with Crippen molar-refractivity contribution in [2.45, 2.75) is 4.90 Å². The summed E-state index contributed by atoms with van der Waals surface area (Å²) in [6, 6.07) is 11.0. The normalized spacial score (nSPS) is 10.5. The number of carbonyl (C=O) groups is 1. The summed E-state index contributed by atoms with van der Waals surface area (Å²) in [5.41, 5.74) is 0. The number of carbonyl (C=O) groups excluding carboxylic acids is 1. The number of anilines is 1. The van der Waals surface area contributed by atoms with Gasteiger partial charge < -0.3 is 9.15 Å². The lowest BCUT2D eigenvalue weighted by molar-refractivity contribution is -0.113. The van der Waals surface area contributed by atoms with Crippen LogP contribution in [-0.2, 0) is 4.79 Å². The summed E-state index contributed by atoms with van der Waals surface area (Å²) in [5.74, 6) is 2.05. The lowest BCUT2D eigenvalue weighted by Gasteiger charge is -2.04. The first-order valence-corrected chi connectivity index (χ1v) is 7.76. The van der Waals surface area contributed by atoms with E-state index < -0.39 is 0 Å². The van der Waals surface area contributed by atoms with E-state index in [1.54, 1.807) is 25.5 Å². The van der Waals surface area contributed by atoms with Crippen molar-refractivity contribution in [3.8, 4) is 17.3 Å². The highest BCUT2D eigenvalue weighted by atomic mass is 32.2. The largest absolute Gasteiger partial charge is 0.497 e. The number of ether oxygens (including phenoxy) is 1. The Balaban J connectivity index is 1.55. The Hall–Kier alpha value is -2.74. The second kappa shape index (κ2) is 7.01. The fourth-order valence-electron chi connectivity index (χ4n) is 1.84. The van der Waals surface area contributed by atoms with Gasteiger partial charge in [-0.15, -0.1) is 16.9 Å². The molecule has 0 radical (unpaired) electrons. The number of nitrogens with one attached hydrogen (secondary N) is 2. The molecule has 23 heavy (non-hydrogen) atoms. The van der Waals surface area contributed by atoms with E-state index in [2.05, 4.69) is 20.5 Å². The Labute approximate surface area is 136 Å². The van der Waals surface area contributed by atoms with E-state index in [9.17, 15) is 4.79 Å². The number of furan rings is 1. The number of methoxy groups -OCH3 is 1. The smallest absolute Gasteiger partial charge is 0.249 e. The van der Waals surface area contributed by atoms with Crippen LogP contribution >= 0.6 is 11.8 Å². The second-order valence-corrected chi connectivity index (χ2v) is 5.55. The summed E-state index contributed by atoms with van der Waals surface area (Å²) in [4.78, 5) is 17.1. The monoisotopic (exact) mass is 330 g/mol. The molecule has 0 aliphatic carbocycles. The summed E-state index contributed by atoms with van der Waals surface area (Å²) in [6.45, 7) is 0. The van der Waals surface area contributed by atoms with Gasteiger partial charge in [0, 0.05) is 4.90 Å². The van der Waals surface area contributed by atoms with E-state index in [0.29, 0.717) is 11.6 Å². The molecule has 1 aromatic carbocycles. The number of hydrogen-bond donors (Lipinski definition) is 2. The first kappa shape index (κ1) is 15.2. The molecule has 0 spiro atoms. The highest BCUT2D eigenvalue weighted by Gasteiger charge is 2.11. The summed E-state index contributed by atoms with van der Waals surface area (Å²) >= 11 is 1.41. The van der Waals surface area contributed by atoms with Gasteiger partial charge in [-0.2, -0.15) is 4.98 Å². The van der Waals surface area contributed by atoms with Gasteiger partial charge in [-0.05, 0) is 30.3 Å². The molecule has 7 nitrogen and oxygen atoms in total. The molecule has 2 N–H and O–H groups in total. The van der Waals surface area contributed by atoms with Crippen LogP contribution in [0.1, 0.15) is 0 Å². The Morgan fingerprint density at radius 3 is 3.09 bits per heavy atom. The number of aromatic nitrogens is 3. The third kappa shape index (κ3) is 3.92. The Morgan fingerprint density at radius 2 is 2.30 bits per heavy atom. The number of nitrogens with zero attached hydrogens (tertiary/aromatic N) is 2. The lowest BCUT2D eigenvalue weighted by atomic mass is 10.3. The number of hydrogen-bond acceptors (Lipinski definition) is 6. The first-order valence-electron chi connectivity index (χ1n) is 6.77. The molecule has 8 heteroatoms.